The number of allylic oxidation sites excluding steroid dienone is 2. The number of fused-ring (bicyclic) bond motifs is 6. The van der Waals surface area contributed by atoms with Gasteiger partial charge in [0.2, 0.25) is 0 Å². The average Bonchev–Trinajstić information content (AvgIpc) is 3.66. The zero-order valence-electron chi connectivity index (χ0n) is 30.6. The van der Waals surface area contributed by atoms with Crippen LogP contribution in [0.1, 0.15) is 98.4 Å². The van der Waals surface area contributed by atoms with Crippen molar-refractivity contribution in [2.45, 2.75) is 100 Å². The number of hydrogen-bond donors (Lipinski definition) is 1. The van der Waals surface area contributed by atoms with Gasteiger partial charge < -0.3 is 9.52 Å². The fraction of sp³-hybridized carbons (Fsp3) is 0.395. The molecule has 3 aromatic heterocycles. The number of benzene rings is 3. The molecule has 0 amide bonds. The van der Waals surface area contributed by atoms with Crippen LogP contribution in [-0.4, -0.2) is 15.9 Å². The Kier molecular flexibility index (Phi) is 11.7. The van der Waals surface area contributed by atoms with Gasteiger partial charge in [-0.25, -0.2) is 0 Å². The number of rotatable bonds is 8. The van der Waals surface area contributed by atoms with Gasteiger partial charge in [0.1, 0.15) is 11.3 Å². The molecular formula is C43H50IrNO3S-. The molecule has 0 atom stereocenters. The maximum atomic E-state index is 12.2. The Labute approximate surface area is 309 Å². The van der Waals surface area contributed by atoms with Crippen molar-refractivity contribution in [2.75, 3.05) is 0 Å². The SMILES string of the molecule is CCC(C)(CC)C(=O)/C=C(\O)C(C)(CC)CC.Cc1cc2ccc3c(oc4ccnc(-c5[c-]c6ccccc6c(C(C)(C)C)c5)c43)c2s1.[Ir]. The number of aryl methyl sites for hydroxylation is 1. The van der Waals surface area contributed by atoms with Gasteiger partial charge in [0.05, 0.1) is 4.70 Å². The number of pyridine rings is 1. The van der Waals surface area contributed by atoms with Crippen molar-refractivity contribution in [3.05, 3.63) is 89.1 Å². The second-order valence-electron chi connectivity index (χ2n) is 14.7. The van der Waals surface area contributed by atoms with E-state index in [-0.39, 0.29) is 47.9 Å². The predicted molar refractivity (Wildman–Crippen MR) is 205 cm³/mol. The van der Waals surface area contributed by atoms with Crippen molar-refractivity contribution >= 4 is 59.9 Å². The van der Waals surface area contributed by atoms with Gasteiger partial charge in [-0.1, -0.05) is 104 Å². The molecule has 0 aliphatic carbocycles. The number of ketones is 1. The van der Waals surface area contributed by atoms with Gasteiger partial charge in [-0.2, -0.15) is 0 Å². The second kappa shape index (κ2) is 14.9. The Balaban J connectivity index is 0.000000260. The van der Waals surface area contributed by atoms with Gasteiger partial charge >= 0.3 is 0 Å². The van der Waals surface area contributed by atoms with E-state index in [9.17, 15) is 9.90 Å². The van der Waals surface area contributed by atoms with Crippen LogP contribution in [0.3, 0.4) is 0 Å². The maximum absolute atomic E-state index is 12.2. The van der Waals surface area contributed by atoms with E-state index < -0.39 is 0 Å². The summed E-state index contributed by atoms with van der Waals surface area (Å²) < 4.78 is 7.59. The first-order chi connectivity index (χ1) is 22.7. The van der Waals surface area contributed by atoms with Crippen LogP contribution in [0.5, 0.6) is 0 Å². The van der Waals surface area contributed by atoms with Crippen LogP contribution in [-0.2, 0) is 30.3 Å². The van der Waals surface area contributed by atoms with Gasteiger partial charge in [0, 0.05) is 64.6 Å². The minimum absolute atomic E-state index is 0. The van der Waals surface area contributed by atoms with E-state index in [1.54, 1.807) is 11.3 Å². The van der Waals surface area contributed by atoms with E-state index in [1.807, 2.05) is 53.8 Å². The van der Waals surface area contributed by atoms with Gasteiger partial charge in [-0.3, -0.25) is 9.78 Å². The summed E-state index contributed by atoms with van der Waals surface area (Å²) >= 11 is 1.78. The van der Waals surface area contributed by atoms with Gasteiger partial charge in [0.15, 0.2) is 11.4 Å². The molecule has 0 aliphatic rings. The van der Waals surface area contributed by atoms with Crippen LogP contribution in [0.25, 0.3) is 54.1 Å². The monoisotopic (exact) mass is 853 g/mol. The van der Waals surface area contributed by atoms with E-state index in [4.69, 9.17) is 9.40 Å². The normalized spacial score (nSPS) is 12.7. The summed E-state index contributed by atoms with van der Waals surface area (Å²) in [5, 5.41) is 15.9. The Morgan fingerprint density at radius 2 is 1.55 bits per heavy atom. The number of thiophene rings is 1. The fourth-order valence-electron chi connectivity index (χ4n) is 6.27. The number of aromatic nitrogens is 1. The van der Waals surface area contributed by atoms with Crippen molar-refractivity contribution in [3.8, 4) is 11.3 Å². The predicted octanol–water partition coefficient (Wildman–Crippen LogP) is 13.1. The molecule has 6 rings (SSSR count). The molecule has 0 aliphatic heterocycles. The average molecular weight is 853 g/mol. The van der Waals surface area contributed by atoms with E-state index in [2.05, 4.69) is 82.3 Å². The zero-order valence-corrected chi connectivity index (χ0v) is 33.8. The van der Waals surface area contributed by atoms with E-state index in [0.717, 1.165) is 64.3 Å². The van der Waals surface area contributed by atoms with E-state index >= 15 is 0 Å². The first-order valence-corrected chi connectivity index (χ1v) is 18.1. The molecular weight excluding hydrogens is 803 g/mol. The van der Waals surface area contributed by atoms with Gasteiger partial charge in [-0.05, 0) is 55.5 Å². The maximum Gasteiger partial charge on any atom is 0.164 e. The third-order valence-corrected chi connectivity index (χ3v) is 11.7. The summed E-state index contributed by atoms with van der Waals surface area (Å²) in [5.74, 6) is 0.286. The zero-order chi connectivity index (χ0) is 35.0. The van der Waals surface area contributed by atoms with E-state index in [1.165, 1.54) is 32.0 Å². The molecule has 0 unspecified atom stereocenters. The molecule has 6 aromatic rings. The molecule has 0 saturated carbocycles. The number of carbonyl (C=O) groups is 1. The molecule has 0 saturated heterocycles. The number of furan rings is 1. The molecule has 3 heterocycles. The quantitative estimate of drug-likeness (QED) is 0.0941. The summed E-state index contributed by atoms with van der Waals surface area (Å²) in [6.45, 7) is 21.0. The molecule has 4 nitrogen and oxygen atoms in total. The number of carbonyl (C=O) groups excluding carboxylic acids is 1. The Morgan fingerprint density at radius 3 is 2.18 bits per heavy atom. The van der Waals surface area contributed by atoms with Crippen molar-refractivity contribution < 1.29 is 34.4 Å². The third-order valence-electron chi connectivity index (χ3n) is 10.6. The minimum Gasteiger partial charge on any atom is -0.512 e. The molecule has 0 spiro atoms. The largest absolute Gasteiger partial charge is 0.512 e. The topological polar surface area (TPSA) is 63.3 Å². The Bertz CT molecular complexity index is 2140. The molecule has 0 fully saturated rings. The van der Waals surface area contributed by atoms with Crippen LogP contribution in [0.2, 0.25) is 0 Å². The summed E-state index contributed by atoms with van der Waals surface area (Å²) in [4.78, 5) is 18.3. The summed E-state index contributed by atoms with van der Waals surface area (Å²) in [5.41, 5.74) is 4.48. The summed E-state index contributed by atoms with van der Waals surface area (Å²) in [6.07, 6.45) is 6.60. The molecule has 0 bridgehead atoms. The molecule has 3 aromatic carbocycles. The van der Waals surface area contributed by atoms with Crippen molar-refractivity contribution in [2.24, 2.45) is 10.8 Å². The number of nitrogens with zero attached hydrogens (tertiary/aromatic N) is 1. The Morgan fingerprint density at radius 1 is 0.898 bits per heavy atom. The van der Waals surface area contributed by atoms with Crippen molar-refractivity contribution in [1.29, 1.82) is 0 Å². The molecule has 261 valence electrons. The van der Waals surface area contributed by atoms with Crippen LogP contribution in [0.15, 0.2) is 77.0 Å². The second-order valence-corrected chi connectivity index (χ2v) is 15.9. The van der Waals surface area contributed by atoms with Crippen molar-refractivity contribution in [1.82, 2.24) is 4.98 Å². The molecule has 49 heavy (non-hydrogen) atoms. The number of aliphatic hydroxyl groups excluding tert-OH is 1. The Hall–Kier alpha value is -3.31. The smallest absolute Gasteiger partial charge is 0.164 e. The van der Waals surface area contributed by atoms with Crippen LogP contribution in [0, 0.1) is 23.8 Å². The van der Waals surface area contributed by atoms with Gasteiger partial charge in [-0.15, -0.1) is 40.5 Å². The van der Waals surface area contributed by atoms with Crippen molar-refractivity contribution in [3.63, 3.8) is 0 Å². The van der Waals surface area contributed by atoms with Crippen LogP contribution >= 0.6 is 11.3 Å². The van der Waals surface area contributed by atoms with E-state index in [0.29, 0.717) is 0 Å². The first-order valence-electron chi connectivity index (χ1n) is 17.3. The first kappa shape index (κ1) is 38.5. The fourth-order valence-corrected chi connectivity index (χ4v) is 7.27. The standard InChI is InChI=1S/C28H22NOS.C15H28O2.Ir/c1-16-13-18-9-10-21-24-23(30-26(21)27(18)31-16)11-12-29-25(24)19-14-17-7-5-6-8-20(17)22(15-19)28(2,3)4;1-7-14(5,8-2)12(16)11-13(17)15(6,9-3)10-4;/h5-13,15H,1-4H3;11,16H,7-10H2,1-6H3;/q-1;;/b;12-11-;. The third kappa shape index (κ3) is 7.43. The summed E-state index contributed by atoms with van der Waals surface area (Å²) in [6, 6.07) is 23.0. The summed E-state index contributed by atoms with van der Waals surface area (Å²) in [7, 11) is 0. The number of hydrogen-bond acceptors (Lipinski definition) is 5. The van der Waals surface area contributed by atoms with Gasteiger partial charge in [0.25, 0.3) is 0 Å². The van der Waals surface area contributed by atoms with Crippen LogP contribution < -0.4 is 0 Å². The van der Waals surface area contributed by atoms with Crippen LogP contribution in [0.4, 0.5) is 0 Å². The molecule has 1 N–H and O–H groups in total. The minimum atomic E-state index is -0.337. The number of aliphatic hydroxyl groups is 1. The molecule has 6 heteroatoms. The molecule has 1 radical (unpaired) electrons.